The normalized spacial score (nSPS) is 11.6. The molecule has 100 valence electrons. The molecule has 1 aromatic carbocycles. The van der Waals surface area contributed by atoms with Crippen LogP contribution in [0.1, 0.15) is 15.9 Å². The van der Waals surface area contributed by atoms with Crippen LogP contribution in [0.5, 0.6) is 0 Å². The van der Waals surface area contributed by atoms with Gasteiger partial charge in [0, 0.05) is 5.56 Å². The highest BCUT2D eigenvalue weighted by Gasteiger charge is 2.31. The Labute approximate surface area is 103 Å². The molecule has 2 aromatic rings. The lowest BCUT2D eigenvalue weighted by Crippen LogP contribution is -2.06. The molecule has 0 saturated carbocycles. The van der Waals surface area contributed by atoms with Crippen LogP contribution in [0.4, 0.5) is 17.6 Å². The van der Waals surface area contributed by atoms with Gasteiger partial charge in [-0.3, -0.25) is 5.10 Å². The predicted octanol–water partition coefficient (Wildman–Crippen LogP) is 2.93. The average molecular weight is 274 g/mol. The summed E-state index contributed by atoms with van der Waals surface area (Å²) in [5.74, 6) is -2.54. The number of carbonyl (C=O) groups is 1. The highest BCUT2D eigenvalue weighted by Crippen LogP contribution is 2.33. The van der Waals surface area contributed by atoms with Crippen LogP contribution in [0.25, 0.3) is 11.3 Å². The van der Waals surface area contributed by atoms with Crippen molar-refractivity contribution in [2.75, 3.05) is 0 Å². The molecule has 19 heavy (non-hydrogen) atoms. The summed E-state index contributed by atoms with van der Waals surface area (Å²) in [7, 11) is 0. The lowest BCUT2D eigenvalue weighted by atomic mass is 10.0. The largest absolute Gasteiger partial charge is 0.478 e. The minimum absolute atomic E-state index is 0.182. The molecule has 1 heterocycles. The fourth-order valence-electron chi connectivity index (χ4n) is 1.55. The number of carboxylic acid groups (broad SMARTS) is 1. The minimum Gasteiger partial charge on any atom is -0.478 e. The molecule has 8 heteroatoms. The molecule has 0 atom stereocenters. The topological polar surface area (TPSA) is 66.0 Å². The fourth-order valence-corrected chi connectivity index (χ4v) is 1.55. The van der Waals surface area contributed by atoms with Crippen molar-refractivity contribution >= 4 is 5.97 Å². The summed E-state index contributed by atoms with van der Waals surface area (Å²) in [6, 6.07) is 1.84. The van der Waals surface area contributed by atoms with Crippen molar-refractivity contribution in [3.8, 4) is 11.3 Å². The SMILES string of the molecule is O=C(O)c1cn[nH]c1-c1ccc(C(F)(F)F)cc1F. The van der Waals surface area contributed by atoms with Crippen LogP contribution in [0.15, 0.2) is 24.4 Å². The Balaban J connectivity index is 2.53. The summed E-state index contributed by atoms with van der Waals surface area (Å²) >= 11 is 0. The molecule has 0 radical (unpaired) electrons. The van der Waals surface area contributed by atoms with E-state index in [1.165, 1.54) is 0 Å². The van der Waals surface area contributed by atoms with Crippen molar-refractivity contribution in [1.82, 2.24) is 10.2 Å². The van der Waals surface area contributed by atoms with Crippen LogP contribution >= 0.6 is 0 Å². The van der Waals surface area contributed by atoms with E-state index in [-0.39, 0.29) is 16.8 Å². The lowest BCUT2D eigenvalue weighted by molar-refractivity contribution is -0.137. The number of rotatable bonds is 2. The number of carboxylic acids is 1. The molecule has 0 aliphatic rings. The van der Waals surface area contributed by atoms with Crippen LogP contribution in [0.2, 0.25) is 0 Å². The number of hydrogen-bond acceptors (Lipinski definition) is 2. The zero-order valence-electron chi connectivity index (χ0n) is 9.12. The number of nitrogens with zero attached hydrogens (tertiary/aromatic N) is 1. The van der Waals surface area contributed by atoms with E-state index < -0.39 is 23.5 Å². The molecule has 0 aliphatic heterocycles. The molecule has 1 aromatic heterocycles. The summed E-state index contributed by atoms with van der Waals surface area (Å²) in [5, 5.41) is 14.5. The standard InChI is InChI=1S/C11H6F4N2O2/c12-8-3-5(11(13,14)15)1-2-6(8)9-7(10(18)19)4-16-17-9/h1-4H,(H,16,17)(H,18,19). The lowest BCUT2D eigenvalue weighted by Gasteiger charge is -2.08. The van der Waals surface area contributed by atoms with E-state index in [1.807, 2.05) is 0 Å². The molecule has 0 spiro atoms. The Bertz CT molecular complexity index is 634. The van der Waals surface area contributed by atoms with E-state index >= 15 is 0 Å². The number of nitrogens with one attached hydrogen (secondary N) is 1. The number of halogens is 4. The summed E-state index contributed by atoms with van der Waals surface area (Å²) in [5.41, 5.74) is -1.94. The third-order valence-electron chi connectivity index (χ3n) is 2.44. The molecule has 0 aliphatic carbocycles. The first-order valence-corrected chi connectivity index (χ1v) is 4.94. The monoisotopic (exact) mass is 274 g/mol. The molecule has 0 fully saturated rings. The minimum atomic E-state index is -4.66. The molecule has 0 saturated heterocycles. The van der Waals surface area contributed by atoms with Gasteiger partial charge in [-0.2, -0.15) is 18.3 Å². The fraction of sp³-hybridized carbons (Fsp3) is 0.0909. The Morgan fingerprint density at radius 2 is 2.00 bits per heavy atom. The molecule has 2 N–H and O–H groups in total. The highest BCUT2D eigenvalue weighted by atomic mass is 19.4. The maximum Gasteiger partial charge on any atom is 0.416 e. The molecule has 4 nitrogen and oxygen atoms in total. The van der Waals surface area contributed by atoms with Gasteiger partial charge in [0.1, 0.15) is 11.4 Å². The van der Waals surface area contributed by atoms with Gasteiger partial charge in [-0.15, -0.1) is 0 Å². The van der Waals surface area contributed by atoms with Gasteiger partial charge < -0.3 is 5.11 Å². The first kappa shape index (κ1) is 13.1. The van der Waals surface area contributed by atoms with E-state index in [9.17, 15) is 22.4 Å². The maximum absolute atomic E-state index is 13.6. The molecule has 0 amide bonds. The number of H-pyrrole nitrogens is 1. The van der Waals surface area contributed by atoms with Crippen molar-refractivity contribution in [1.29, 1.82) is 0 Å². The van der Waals surface area contributed by atoms with Gasteiger partial charge in [0.2, 0.25) is 0 Å². The number of benzene rings is 1. The number of alkyl halides is 3. The molecular formula is C11H6F4N2O2. The van der Waals surface area contributed by atoms with Crippen molar-refractivity contribution < 1.29 is 27.5 Å². The zero-order chi connectivity index (χ0) is 14.2. The van der Waals surface area contributed by atoms with Crippen LogP contribution in [-0.2, 0) is 6.18 Å². The molecule has 0 unspecified atom stereocenters. The number of hydrogen-bond donors (Lipinski definition) is 2. The molecule has 2 rings (SSSR count). The van der Waals surface area contributed by atoms with Gasteiger partial charge in [-0.1, -0.05) is 0 Å². The van der Waals surface area contributed by atoms with Gasteiger partial charge in [0.05, 0.1) is 17.5 Å². The Morgan fingerprint density at radius 1 is 1.32 bits per heavy atom. The summed E-state index contributed by atoms with van der Waals surface area (Å²) in [6.45, 7) is 0. The number of aromatic nitrogens is 2. The van der Waals surface area contributed by atoms with Crippen LogP contribution in [-0.4, -0.2) is 21.3 Å². The molecule has 0 bridgehead atoms. The summed E-state index contributed by atoms with van der Waals surface area (Å²) in [6.07, 6.45) is -3.71. The highest BCUT2D eigenvalue weighted by molar-refractivity contribution is 5.94. The smallest absolute Gasteiger partial charge is 0.416 e. The van der Waals surface area contributed by atoms with E-state index in [0.717, 1.165) is 12.3 Å². The van der Waals surface area contributed by atoms with E-state index in [0.29, 0.717) is 12.1 Å². The van der Waals surface area contributed by atoms with Crippen molar-refractivity contribution in [3.05, 3.63) is 41.3 Å². The van der Waals surface area contributed by atoms with Crippen molar-refractivity contribution in [3.63, 3.8) is 0 Å². The molecular weight excluding hydrogens is 268 g/mol. The second-order valence-corrected chi connectivity index (χ2v) is 3.66. The summed E-state index contributed by atoms with van der Waals surface area (Å²) < 4.78 is 50.8. The van der Waals surface area contributed by atoms with Crippen LogP contribution in [0, 0.1) is 5.82 Å². The maximum atomic E-state index is 13.6. The quantitative estimate of drug-likeness (QED) is 0.827. The van der Waals surface area contributed by atoms with Crippen molar-refractivity contribution in [2.24, 2.45) is 0 Å². The van der Waals surface area contributed by atoms with Crippen molar-refractivity contribution in [2.45, 2.75) is 6.18 Å². The average Bonchev–Trinajstić information content (AvgIpc) is 2.76. The Hall–Kier alpha value is -2.38. The zero-order valence-corrected chi connectivity index (χ0v) is 9.12. The van der Waals surface area contributed by atoms with Gasteiger partial charge in [-0.05, 0) is 18.2 Å². The first-order chi connectivity index (χ1) is 8.80. The Morgan fingerprint density at radius 3 is 2.53 bits per heavy atom. The predicted molar refractivity (Wildman–Crippen MR) is 55.9 cm³/mol. The second kappa shape index (κ2) is 4.38. The third-order valence-corrected chi connectivity index (χ3v) is 2.44. The Kier molecular flexibility index (Phi) is 3.01. The van der Waals surface area contributed by atoms with Gasteiger partial charge >= 0.3 is 12.1 Å². The first-order valence-electron chi connectivity index (χ1n) is 4.94. The van der Waals surface area contributed by atoms with E-state index in [1.54, 1.807) is 0 Å². The van der Waals surface area contributed by atoms with E-state index in [2.05, 4.69) is 10.2 Å². The number of aromatic amines is 1. The summed E-state index contributed by atoms with van der Waals surface area (Å²) in [4.78, 5) is 10.8. The number of aromatic carboxylic acids is 1. The van der Waals surface area contributed by atoms with Gasteiger partial charge in [0.25, 0.3) is 0 Å². The second-order valence-electron chi connectivity index (χ2n) is 3.66. The van der Waals surface area contributed by atoms with Gasteiger partial charge in [-0.25, -0.2) is 9.18 Å². The van der Waals surface area contributed by atoms with Crippen LogP contribution < -0.4 is 0 Å². The third kappa shape index (κ3) is 2.42. The van der Waals surface area contributed by atoms with E-state index in [4.69, 9.17) is 5.11 Å². The van der Waals surface area contributed by atoms with Crippen LogP contribution in [0.3, 0.4) is 0 Å². The van der Waals surface area contributed by atoms with Gasteiger partial charge in [0.15, 0.2) is 0 Å².